The van der Waals surface area contributed by atoms with Crippen LogP contribution in [0.2, 0.25) is 0 Å². The largest absolute Gasteiger partial charge is 0.357 e. The van der Waals surface area contributed by atoms with Gasteiger partial charge in [-0.2, -0.15) is 0 Å². The van der Waals surface area contributed by atoms with Crippen LogP contribution < -0.4 is 15.5 Å². The molecule has 32 heavy (non-hydrogen) atoms. The number of amides is 3. The van der Waals surface area contributed by atoms with Crippen LogP contribution in [0.15, 0.2) is 48.7 Å². The van der Waals surface area contributed by atoms with E-state index in [0.717, 1.165) is 43.0 Å². The number of hydrogen-bond donors (Lipinski definition) is 2. The fourth-order valence-electron chi connectivity index (χ4n) is 4.44. The van der Waals surface area contributed by atoms with Crippen molar-refractivity contribution in [2.75, 3.05) is 31.1 Å². The first-order valence-corrected chi connectivity index (χ1v) is 11.8. The van der Waals surface area contributed by atoms with E-state index in [-0.39, 0.29) is 18.0 Å². The minimum atomic E-state index is -0.248. The molecule has 2 saturated heterocycles. The summed E-state index contributed by atoms with van der Waals surface area (Å²) in [7, 11) is 0. The summed E-state index contributed by atoms with van der Waals surface area (Å²) in [6.07, 6.45) is 8.35. The zero-order valence-corrected chi connectivity index (χ0v) is 18.6. The second-order valence-electron chi connectivity index (χ2n) is 8.66. The van der Waals surface area contributed by atoms with E-state index in [2.05, 4.69) is 20.5 Å². The third kappa shape index (κ3) is 5.99. The number of urea groups is 1. The van der Waals surface area contributed by atoms with Crippen molar-refractivity contribution in [3.8, 4) is 0 Å². The highest BCUT2D eigenvalue weighted by atomic mass is 16.2. The molecule has 1 aromatic heterocycles. The Balaban J connectivity index is 1.32. The number of benzene rings is 1. The molecule has 2 aliphatic rings. The highest BCUT2D eigenvalue weighted by Gasteiger charge is 2.25. The van der Waals surface area contributed by atoms with Crippen LogP contribution in [0.5, 0.6) is 0 Å². The van der Waals surface area contributed by atoms with Crippen molar-refractivity contribution in [3.05, 3.63) is 59.8 Å². The third-order valence-electron chi connectivity index (χ3n) is 6.27. The van der Waals surface area contributed by atoms with Crippen LogP contribution in [-0.2, 0) is 11.3 Å². The lowest BCUT2D eigenvalue weighted by Crippen LogP contribution is -2.42. The first-order chi connectivity index (χ1) is 15.7. The fraction of sp³-hybridized carbons (Fsp3) is 0.480. The number of rotatable bonds is 7. The molecule has 2 aromatic rings. The number of nitrogens with one attached hydrogen (secondary N) is 2. The van der Waals surface area contributed by atoms with Crippen LogP contribution in [0, 0.1) is 0 Å². The molecule has 7 nitrogen and oxygen atoms in total. The van der Waals surface area contributed by atoms with Gasteiger partial charge in [0.05, 0.1) is 6.04 Å². The standard InChI is InChI=1S/C25H33N5O2/c31-24-11-8-16-30(24)19-22(21-9-4-3-5-10-21)28-25(32)27-18-20-12-13-23(26-17-20)29-14-6-1-2-7-15-29/h3-5,9-10,12-13,17,22H,1-2,6-8,11,14-16,18-19H2,(H2,27,28,32). The van der Waals surface area contributed by atoms with Crippen molar-refractivity contribution in [2.24, 2.45) is 0 Å². The molecule has 2 N–H and O–H groups in total. The smallest absolute Gasteiger partial charge is 0.315 e. The van der Waals surface area contributed by atoms with Gasteiger partial charge in [0.1, 0.15) is 5.82 Å². The topological polar surface area (TPSA) is 77.6 Å². The number of pyridine rings is 1. The summed E-state index contributed by atoms with van der Waals surface area (Å²) in [5, 5.41) is 5.99. The van der Waals surface area contributed by atoms with Gasteiger partial charge in [-0.05, 0) is 36.5 Å². The van der Waals surface area contributed by atoms with Crippen molar-refractivity contribution in [3.63, 3.8) is 0 Å². The van der Waals surface area contributed by atoms with Gasteiger partial charge >= 0.3 is 6.03 Å². The molecule has 0 saturated carbocycles. The molecule has 2 fully saturated rings. The van der Waals surface area contributed by atoms with Crippen molar-refractivity contribution in [1.29, 1.82) is 0 Å². The molecule has 0 spiro atoms. The lowest BCUT2D eigenvalue weighted by molar-refractivity contribution is -0.128. The Morgan fingerprint density at radius 2 is 1.75 bits per heavy atom. The van der Waals surface area contributed by atoms with Crippen LogP contribution in [0.1, 0.15) is 55.7 Å². The number of carbonyl (C=O) groups excluding carboxylic acids is 2. The first-order valence-electron chi connectivity index (χ1n) is 11.8. The predicted octanol–water partition coefficient (Wildman–Crippen LogP) is 3.62. The van der Waals surface area contributed by atoms with Crippen LogP contribution in [-0.4, -0.2) is 48.0 Å². The maximum Gasteiger partial charge on any atom is 0.315 e. The van der Waals surface area contributed by atoms with Crippen LogP contribution in [0.4, 0.5) is 10.6 Å². The minimum absolute atomic E-state index is 0.156. The lowest BCUT2D eigenvalue weighted by Gasteiger charge is -2.25. The lowest BCUT2D eigenvalue weighted by atomic mass is 10.1. The van der Waals surface area contributed by atoms with Gasteiger partial charge in [0.15, 0.2) is 0 Å². The molecular formula is C25H33N5O2. The minimum Gasteiger partial charge on any atom is -0.357 e. The highest BCUT2D eigenvalue weighted by Crippen LogP contribution is 2.19. The fourth-order valence-corrected chi connectivity index (χ4v) is 4.44. The number of hydrogen-bond acceptors (Lipinski definition) is 4. The maximum absolute atomic E-state index is 12.7. The Morgan fingerprint density at radius 1 is 0.969 bits per heavy atom. The molecule has 7 heteroatoms. The summed E-state index contributed by atoms with van der Waals surface area (Å²) in [4.78, 5) is 33.5. The summed E-state index contributed by atoms with van der Waals surface area (Å²) < 4.78 is 0. The first kappa shape index (κ1) is 22.1. The Kier molecular flexibility index (Phi) is 7.59. The second-order valence-corrected chi connectivity index (χ2v) is 8.66. The Bertz CT molecular complexity index is 879. The van der Waals surface area contributed by atoms with E-state index in [1.165, 1.54) is 25.7 Å². The van der Waals surface area contributed by atoms with Gasteiger partial charge in [-0.25, -0.2) is 9.78 Å². The van der Waals surface area contributed by atoms with Crippen LogP contribution >= 0.6 is 0 Å². The van der Waals surface area contributed by atoms with E-state index in [1.807, 2.05) is 53.6 Å². The van der Waals surface area contributed by atoms with Gasteiger partial charge in [-0.15, -0.1) is 0 Å². The zero-order valence-electron chi connectivity index (χ0n) is 18.6. The number of carbonyl (C=O) groups is 2. The summed E-state index contributed by atoms with van der Waals surface area (Å²) >= 11 is 0. The molecular weight excluding hydrogens is 402 g/mol. The molecule has 1 atom stereocenters. The van der Waals surface area contributed by atoms with E-state index in [4.69, 9.17) is 0 Å². The molecule has 2 aliphatic heterocycles. The van der Waals surface area contributed by atoms with E-state index in [9.17, 15) is 9.59 Å². The molecule has 0 radical (unpaired) electrons. The molecule has 1 aromatic carbocycles. The average molecular weight is 436 g/mol. The van der Waals surface area contributed by atoms with Gasteiger partial charge in [0.25, 0.3) is 0 Å². The zero-order chi connectivity index (χ0) is 22.2. The van der Waals surface area contributed by atoms with E-state index in [1.54, 1.807) is 0 Å². The average Bonchev–Trinajstić information content (AvgIpc) is 3.05. The van der Waals surface area contributed by atoms with Crippen molar-refractivity contribution < 1.29 is 9.59 Å². The maximum atomic E-state index is 12.7. The third-order valence-corrected chi connectivity index (χ3v) is 6.27. The molecule has 1 unspecified atom stereocenters. The Labute approximate surface area is 190 Å². The summed E-state index contributed by atoms with van der Waals surface area (Å²) in [6, 6.07) is 13.4. The quantitative estimate of drug-likeness (QED) is 0.696. The van der Waals surface area contributed by atoms with Gasteiger partial charge in [0.2, 0.25) is 5.91 Å². The molecule has 170 valence electrons. The number of likely N-dealkylation sites (tertiary alicyclic amines) is 1. The number of nitrogens with zero attached hydrogens (tertiary/aromatic N) is 3. The van der Waals surface area contributed by atoms with Gasteiger partial charge in [-0.3, -0.25) is 4.79 Å². The van der Waals surface area contributed by atoms with E-state index < -0.39 is 0 Å². The SMILES string of the molecule is O=C(NCc1ccc(N2CCCCCC2)nc1)NC(CN1CCCC1=O)c1ccccc1. The van der Waals surface area contributed by atoms with Gasteiger partial charge < -0.3 is 20.4 Å². The normalized spacial score (nSPS) is 17.7. The van der Waals surface area contributed by atoms with Crippen molar-refractivity contribution in [1.82, 2.24) is 20.5 Å². The molecule has 3 heterocycles. The van der Waals surface area contributed by atoms with E-state index in [0.29, 0.717) is 19.5 Å². The molecule has 0 bridgehead atoms. The number of aromatic nitrogens is 1. The molecule has 0 aliphatic carbocycles. The molecule has 3 amide bonds. The van der Waals surface area contributed by atoms with Crippen molar-refractivity contribution >= 4 is 17.8 Å². The van der Waals surface area contributed by atoms with E-state index >= 15 is 0 Å². The predicted molar refractivity (Wildman–Crippen MR) is 125 cm³/mol. The summed E-state index contributed by atoms with van der Waals surface area (Å²) in [5.74, 6) is 1.17. The Morgan fingerprint density at radius 3 is 2.41 bits per heavy atom. The van der Waals surface area contributed by atoms with Crippen LogP contribution in [0.3, 0.4) is 0 Å². The van der Waals surface area contributed by atoms with Gasteiger partial charge in [-0.1, -0.05) is 49.2 Å². The monoisotopic (exact) mass is 435 g/mol. The summed E-state index contributed by atoms with van der Waals surface area (Å²) in [6.45, 7) is 3.77. The highest BCUT2D eigenvalue weighted by molar-refractivity contribution is 5.78. The number of anilines is 1. The van der Waals surface area contributed by atoms with Gasteiger partial charge in [0, 0.05) is 45.3 Å². The second kappa shape index (κ2) is 11.0. The van der Waals surface area contributed by atoms with Crippen LogP contribution in [0.25, 0.3) is 0 Å². The Hall–Kier alpha value is -3.09. The van der Waals surface area contributed by atoms with Crippen molar-refractivity contribution in [2.45, 2.75) is 51.1 Å². The molecule has 4 rings (SSSR count). The summed E-state index contributed by atoms with van der Waals surface area (Å²) in [5.41, 5.74) is 1.95.